The number of para-hydroxylation sites is 3. The normalized spacial score (nSPS) is 15.8. The molecule has 0 unspecified atom stereocenters. The van der Waals surface area contributed by atoms with Gasteiger partial charge in [0.1, 0.15) is 5.75 Å². The van der Waals surface area contributed by atoms with E-state index in [1.807, 2.05) is 60.4 Å². The third kappa shape index (κ3) is 3.15. The van der Waals surface area contributed by atoms with Crippen molar-refractivity contribution < 1.29 is 14.5 Å². The van der Waals surface area contributed by atoms with Crippen LogP contribution >= 0.6 is 0 Å². The first kappa shape index (κ1) is 21.5. The molecule has 0 saturated carbocycles. The van der Waals surface area contributed by atoms with E-state index < -0.39 is 11.0 Å². The molecule has 2 aliphatic heterocycles. The van der Waals surface area contributed by atoms with Gasteiger partial charge in [-0.05, 0) is 37.3 Å². The van der Waals surface area contributed by atoms with Crippen molar-refractivity contribution in [2.24, 2.45) is 4.99 Å². The van der Waals surface area contributed by atoms with Crippen LogP contribution in [0.25, 0.3) is 5.69 Å². The summed E-state index contributed by atoms with van der Waals surface area (Å²) in [6, 6.07) is 20.9. The minimum atomic E-state index is -0.456. The van der Waals surface area contributed by atoms with Gasteiger partial charge in [0.25, 0.3) is 11.6 Å². The van der Waals surface area contributed by atoms with Gasteiger partial charge in [0.05, 0.1) is 40.8 Å². The van der Waals surface area contributed by atoms with Gasteiger partial charge in [-0.2, -0.15) is 5.10 Å². The lowest BCUT2D eigenvalue weighted by Gasteiger charge is -2.40. The van der Waals surface area contributed by atoms with Crippen LogP contribution in [0.3, 0.4) is 0 Å². The Morgan fingerprint density at radius 2 is 1.75 bits per heavy atom. The molecule has 0 saturated heterocycles. The molecule has 0 aliphatic carbocycles. The molecular formula is C26H20N6O4. The summed E-state index contributed by atoms with van der Waals surface area (Å²) in [6.07, 6.45) is 0. The molecule has 1 atom stereocenters. The molecule has 6 rings (SSSR count). The van der Waals surface area contributed by atoms with Crippen LogP contribution in [0, 0.1) is 17.0 Å². The Hall–Kier alpha value is -4.99. The number of methoxy groups -OCH3 is 1. The number of aryl methyl sites for hydroxylation is 1. The van der Waals surface area contributed by atoms with Crippen LogP contribution in [0.2, 0.25) is 0 Å². The van der Waals surface area contributed by atoms with E-state index in [0.29, 0.717) is 28.6 Å². The molecule has 36 heavy (non-hydrogen) atoms. The molecule has 3 aromatic carbocycles. The third-order valence-corrected chi connectivity index (χ3v) is 6.41. The lowest BCUT2D eigenvalue weighted by Crippen LogP contribution is -2.48. The molecule has 0 fully saturated rings. The Bertz CT molecular complexity index is 1570. The number of benzene rings is 3. The fraction of sp³-hybridized carbons (Fsp3) is 0.115. The summed E-state index contributed by atoms with van der Waals surface area (Å²) in [6.45, 7) is 1.89. The number of anilines is 2. The predicted octanol–water partition coefficient (Wildman–Crippen LogP) is 4.69. The van der Waals surface area contributed by atoms with Crippen molar-refractivity contribution in [1.29, 1.82) is 0 Å². The first-order valence-electron chi connectivity index (χ1n) is 11.2. The maximum Gasteiger partial charge on any atom is 0.291 e. The molecule has 1 amide bonds. The quantitative estimate of drug-likeness (QED) is 0.335. The number of amides is 1. The Labute approximate surface area is 205 Å². The van der Waals surface area contributed by atoms with Crippen molar-refractivity contribution in [3.63, 3.8) is 0 Å². The van der Waals surface area contributed by atoms with Crippen LogP contribution in [0.5, 0.6) is 5.75 Å². The zero-order chi connectivity index (χ0) is 25.0. The molecule has 2 aliphatic rings. The van der Waals surface area contributed by atoms with Crippen molar-refractivity contribution in [3.05, 3.63) is 99.7 Å². The minimum Gasteiger partial charge on any atom is -0.496 e. The van der Waals surface area contributed by atoms with Gasteiger partial charge in [-0.1, -0.05) is 30.3 Å². The van der Waals surface area contributed by atoms with Gasteiger partial charge >= 0.3 is 0 Å². The number of nitro benzene ring substituents is 1. The third-order valence-electron chi connectivity index (χ3n) is 6.41. The number of rotatable bonds is 4. The van der Waals surface area contributed by atoms with Crippen molar-refractivity contribution in [1.82, 2.24) is 9.78 Å². The van der Waals surface area contributed by atoms with Crippen LogP contribution in [0.4, 0.5) is 22.9 Å². The van der Waals surface area contributed by atoms with E-state index in [0.717, 1.165) is 16.8 Å². The second kappa shape index (κ2) is 8.05. The molecule has 10 heteroatoms. The number of ether oxygens (including phenoxy) is 1. The second-order valence-corrected chi connectivity index (χ2v) is 8.43. The van der Waals surface area contributed by atoms with Gasteiger partial charge < -0.3 is 15.0 Å². The SMILES string of the molecule is COc1ccccc1[C@@H]1c2c(C)nn(-c3ccc([N+](=O)[O-])cc3)c2N=C2C(=O)Nc3ccccc3N21. The number of aromatic nitrogens is 2. The number of hydrogen-bond acceptors (Lipinski definition) is 7. The lowest BCUT2D eigenvalue weighted by atomic mass is 9.92. The van der Waals surface area contributed by atoms with E-state index in [9.17, 15) is 14.9 Å². The number of carbonyl (C=O) groups excluding carboxylic acids is 1. The van der Waals surface area contributed by atoms with Crippen molar-refractivity contribution >= 4 is 34.6 Å². The maximum absolute atomic E-state index is 13.3. The number of nitro groups is 1. The molecule has 3 heterocycles. The molecule has 1 aromatic heterocycles. The van der Waals surface area contributed by atoms with E-state index in [4.69, 9.17) is 14.8 Å². The highest BCUT2D eigenvalue weighted by molar-refractivity contribution is 6.50. The molecule has 0 radical (unpaired) electrons. The largest absolute Gasteiger partial charge is 0.496 e. The summed E-state index contributed by atoms with van der Waals surface area (Å²) >= 11 is 0. The minimum absolute atomic E-state index is 0.0239. The van der Waals surface area contributed by atoms with E-state index in [2.05, 4.69) is 5.32 Å². The number of hydrogen-bond donors (Lipinski definition) is 1. The first-order valence-corrected chi connectivity index (χ1v) is 11.2. The number of nitrogens with zero attached hydrogens (tertiary/aromatic N) is 5. The monoisotopic (exact) mass is 480 g/mol. The number of non-ortho nitro benzene ring substituents is 1. The zero-order valence-corrected chi connectivity index (χ0v) is 19.4. The average Bonchev–Trinajstić information content (AvgIpc) is 3.23. The Kier molecular flexibility index (Phi) is 4.82. The van der Waals surface area contributed by atoms with Crippen molar-refractivity contribution in [2.75, 3.05) is 17.3 Å². The van der Waals surface area contributed by atoms with Gasteiger partial charge in [0.15, 0.2) is 5.82 Å². The summed E-state index contributed by atoms with van der Waals surface area (Å²) in [5.74, 6) is 1.03. The summed E-state index contributed by atoms with van der Waals surface area (Å²) in [7, 11) is 1.61. The molecule has 0 spiro atoms. The molecule has 4 aromatic rings. The van der Waals surface area contributed by atoms with Crippen LogP contribution in [-0.4, -0.2) is 33.6 Å². The summed E-state index contributed by atoms with van der Waals surface area (Å²) in [5, 5.41) is 18.8. The summed E-state index contributed by atoms with van der Waals surface area (Å²) < 4.78 is 7.34. The molecular weight excluding hydrogens is 460 g/mol. The predicted molar refractivity (Wildman–Crippen MR) is 134 cm³/mol. The summed E-state index contributed by atoms with van der Waals surface area (Å²) in [4.78, 5) is 30.7. The number of nitrogens with one attached hydrogen (secondary N) is 1. The van der Waals surface area contributed by atoms with Gasteiger partial charge in [0, 0.05) is 23.3 Å². The second-order valence-electron chi connectivity index (χ2n) is 8.43. The fourth-order valence-electron chi connectivity index (χ4n) is 4.82. The van der Waals surface area contributed by atoms with Crippen LogP contribution < -0.4 is 15.0 Å². The van der Waals surface area contributed by atoms with Gasteiger partial charge in [-0.15, -0.1) is 0 Å². The number of fused-ring (bicyclic) bond motifs is 4. The van der Waals surface area contributed by atoms with Gasteiger partial charge in [0.2, 0.25) is 5.84 Å². The highest BCUT2D eigenvalue weighted by Crippen LogP contribution is 2.49. The molecule has 10 nitrogen and oxygen atoms in total. The smallest absolute Gasteiger partial charge is 0.291 e. The highest BCUT2D eigenvalue weighted by atomic mass is 16.6. The Balaban J connectivity index is 1.63. The zero-order valence-electron chi connectivity index (χ0n) is 19.4. The number of aliphatic imine (C=N–C) groups is 1. The lowest BCUT2D eigenvalue weighted by molar-refractivity contribution is -0.384. The van der Waals surface area contributed by atoms with Crippen molar-refractivity contribution in [3.8, 4) is 11.4 Å². The van der Waals surface area contributed by atoms with Crippen LogP contribution in [0.15, 0.2) is 77.8 Å². The number of amidine groups is 1. The maximum atomic E-state index is 13.3. The van der Waals surface area contributed by atoms with Crippen LogP contribution in [0.1, 0.15) is 22.9 Å². The van der Waals surface area contributed by atoms with E-state index in [-0.39, 0.29) is 17.4 Å². The van der Waals surface area contributed by atoms with E-state index in [1.165, 1.54) is 12.1 Å². The van der Waals surface area contributed by atoms with E-state index >= 15 is 0 Å². The average molecular weight is 480 g/mol. The Morgan fingerprint density at radius 1 is 1.03 bits per heavy atom. The fourth-order valence-corrected chi connectivity index (χ4v) is 4.82. The van der Waals surface area contributed by atoms with Crippen LogP contribution in [-0.2, 0) is 4.79 Å². The molecule has 1 N–H and O–H groups in total. The van der Waals surface area contributed by atoms with Gasteiger partial charge in [-0.3, -0.25) is 14.9 Å². The van der Waals surface area contributed by atoms with Crippen molar-refractivity contribution in [2.45, 2.75) is 13.0 Å². The first-order chi connectivity index (χ1) is 17.5. The standard InChI is InChI=1S/C26H20N6O4/c1-15-22-23(18-7-3-6-10-21(18)36-2)30-20-9-5-4-8-19(20)27-26(33)25(30)28-24(22)31(29-15)16-11-13-17(14-12-16)32(34)35/h3-14,23H,1-2H3,(H,27,33)/t23-/m1/s1. The van der Waals surface area contributed by atoms with Gasteiger partial charge in [-0.25, -0.2) is 9.67 Å². The molecule has 0 bridgehead atoms. The highest BCUT2D eigenvalue weighted by Gasteiger charge is 2.43. The van der Waals surface area contributed by atoms with E-state index in [1.54, 1.807) is 23.9 Å². The Morgan fingerprint density at radius 3 is 2.50 bits per heavy atom. The summed E-state index contributed by atoms with van der Waals surface area (Å²) in [5.41, 5.74) is 4.44. The topological polar surface area (TPSA) is 115 Å². The molecule has 178 valence electrons. The number of carbonyl (C=O) groups is 1.